The SMILES string of the molecule is Cc1ccc(C(=O)OC[C@H]2O[C@@H](n3cnc4c(-c5ccc(C[C@@H](NC(=O)OCc6ccccc6)C(=O)OCc6ccccc6)cc5)ncnc43)C[C@@H]2OC(=O)c2ccc(C)cc2)cc1. The number of hydrogen-bond donors (Lipinski definition) is 1. The molecule has 0 radical (unpaired) electrons. The molecule has 0 saturated carbocycles. The summed E-state index contributed by atoms with van der Waals surface area (Å²) < 4.78 is 30.9. The number of alkyl carbamates (subject to hydrolysis) is 1. The van der Waals surface area contributed by atoms with Gasteiger partial charge in [0.2, 0.25) is 0 Å². The average molecular weight is 860 g/mol. The van der Waals surface area contributed by atoms with E-state index in [1.54, 1.807) is 35.2 Å². The Labute approximate surface area is 369 Å². The standard InChI is InChI=1S/C50H45N5O9/c1-32-13-19-38(20-14-32)47(56)61-29-42-41(64-48(57)39-21-15-33(2)16-22-39)26-43(63-42)55-31-53-45-44(51-30-52-46(45)55)37-23-17-34(18-24-37)25-40(49(58)60-27-35-9-5-3-6-10-35)54-50(59)62-28-36-11-7-4-8-12-36/h3-24,30-31,40-43H,25-29H2,1-2H3,(H,54,59)/t40-,41+,42-,43-/m1/s1. The Balaban J connectivity index is 0.977. The molecule has 0 spiro atoms. The molecule has 1 saturated heterocycles. The number of esters is 3. The van der Waals surface area contributed by atoms with E-state index in [9.17, 15) is 19.2 Å². The molecule has 8 rings (SSSR count). The van der Waals surface area contributed by atoms with Crippen LogP contribution in [-0.2, 0) is 48.1 Å². The smallest absolute Gasteiger partial charge is 0.408 e. The molecule has 324 valence electrons. The molecule has 0 bridgehead atoms. The van der Waals surface area contributed by atoms with Crippen molar-refractivity contribution < 1.29 is 42.9 Å². The second-order valence-corrected chi connectivity index (χ2v) is 15.4. The first-order valence-corrected chi connectivity index (χ1v) is 20.8. The highest BCUT2D eigenvalue weighted by molar-refractivity contribution is 5.90. The largest absolute Gasteiger partial charge is 0.459 e. The maximum atomic E-state index is 13.4. The van der Waals surface area contributed by atoms with Gasteiger partial charge in [-0.1, -0.05) is 120 Å². The van der Waals surface area contributed by atoms with Crippen LogP contribution in [0.5, 0.6) is 0 Å². The Bertz CT molecular complexity index is 2710. The number of benzene rings is 5. The molecule has 1 aliphatic rings. The zero-order valence-corrected chi connectivity index (χ0v) is 35.2. The van der Waals surface area contributed by atoms with Crippen LogP contribution in [0.1, 0.15) is 61.2 Å². The van der Waals surface area contributed by atoms with E-state index in [0.717, 1.165) is 33.4 Å². The van der Waals surface area contributed by atoms with Crippen molar-refractivity contribution in [2.45, 2.75) is 64.4 Å². The van der Waals surface area contributed by atoms with Gasteiger partial charge < -0.3 is 29.0 Å². The summed E-state index contributed by atoms with van der Waals surface area (Å²) in [5, 5.41) is 2.69. The highest BCUT2D eigenvalue weighted by Gasteiger charge is 2.41. The maximum Gasteiger partial charge on any atom is 0.408 e. The minimum absolute atomic E-state index is 0.0375. The summed E-state index contributed by atoms with van der Waals surface area (Å²) >= 11 is 0. The molecule has 3 heterocycles. The molecule has 7 aromatic rings. The summed E-state index contributed by atoms with van der Waals surface area (Å²) in [6.45, 7) is 3.78. The van der Waals surface area contributed by atoms with Gasteiger partial charge in [0, 0.05) is 18.4 Å². The molecule has 14 heteroatoms. The third kappa shape index (κ3) is 10.7. The molecule has 5 aromatic carbocycles. The van der Waals surface area contributed by atoms with Crippen molar-refractivity contribution in [1.82, 2.24) is 24.8 Å². The Morgan fingerprint density at radius 2 is 1.30 bits per heavy atom. The van der Waals surface area contributed by atoms with Crippen molar-refractivity contribution in [3.63, 3.8) is 0 Å². The third-order valence-corrected chi connectivity index (χ3v) is 10.7. The predicted molar refractivity (Wildman–Crippen MR) is 235 cm³/mol. The molecule has 0 unspecified atom stereocenters. The number of imidazole rings is 1. The number of fused-ring (bicyclic) bond motifs is 1. The lowest BCUT2D eigenvalue weighted by atomic mass is 10.0. The fourth-order valence-corrected chi connectivity index (χ4v) is 7.21. The second kappa shape index (κ2) is 20.0. The fraction of sp³-hybridized carbons (Fsp3) is 0.220. The summed E-state index contributed by atoms with van der Waals surface area (Å²) in [5.41, 5.74) is 7.37. The zero-order valence-electron chi connectivity index (χ0n) is 35.2. The monoisotopic (exact) mass is 859 g/mol. The van der Waals surface area contributed by atoms with Crippen molar-refractivity contribution in [2.75, 3.05) is 6.61 Å². The molecule has 2 aromatic heterocycles. The van der Waals surface area contributed by atoms with Gasteiger partial charge in [0.05, 0.1) is 17.5 Å². The van der Waals surface area contributed by atoms with Crippen LogP contribution in [0.25, 0.3) is 22.4 Å². The molecule has 1 aliphatic heterocycles. The normalized spacial score (nSPS) is 16.1. The van der Waals surface area contributed by atoms with Crippen LogP contribution >= 0.6 is 0 Å². The van der Waals surface area contributed by atoms with Crippen molar-refractivity contribution in [1.29, 1.82) is 0 Å². The molecule has 1 N–H and O–H groups in total. The number of nitrogens with zero attached hydrogens (tertiary/aromatic N) is 4. The maximum absolute atomic E-state index is 13.4. The number of nitrogens with one attached hydrogen (secondary N) is 1. The van der Waals surface area contributed by atoms with Gasteiger partial charge >= 0.3 is 24.0 Å². The number of rotatable bonds is 15. The summed E-state index contributed by atoms with van der Waals surface area (Å²) in [6, 6.07) is 39.0. The highest BCUT2D eigenvalue weighted by atomic mass is 16.6. The number of ether oxygens (including phenoxy) is 5. The Kier molecular flexibility index (Phi) is 13.4. The lowest BCUT2D eigenvalue weighted by Crippen LogP contribution is -2.43. The number of amides is 1. The van der Waals surface area contributed by atoms with Gasteiger partial charge in [-0.3, -0.25) is 4.57 Å². The van der Waals surface area contributed by atoms with Gasteiger partial charge in [-0.05, 0) is 54.8 Å². The summed E-state index contributed by atoms with van der Waals surface area (Å²) in [6.07, 6.45) is 0.381. The van der Waals surface area contributed by atoms with E-state index >= 15 is 0 Å². The number of carbonyl (C=O) groups excluding carboxylic acids is 4. The summed E-state index contributed by atoms with van der Waals surface area (Å²) in [5.74, 6) is -1.66. The predicted octanol–water partition coefficient (Wildman–Crippen LogP) is 8.06. The molecule has 1 amide bonds. The Morgan fingerprint density at radius 1 is 0.688 bits per heavy atom. The topological polar surface area (TPSA) is 170 Å². The van der Waals surface area contributed by atoms with E-state index in [1.807, 2.05) is 123 Å². The van der Waals surface area contributed by atoms with Gasteiger partial charge in [0.25, 0.3) is 0 Å². The van der Waals surface area contributed by atoms with Crippen LogP contribution < -0.4 is 5.32 Å². The molecule has 1 fully saturated rings. The Morgan fingerprint density at radius 3 is 1.94 bits per heavy atom. The molecular formula is C50H45N5O9. The fourth-order valence-electron chi connectivity index (χ4n) is 7.21. The van der Waals surface area contributed by atoms with E-state index in [1.165, 1.54) is 6.33 Å². The van der Waals surface area contributed by atoms with Crippen LogP contribution in [0.2, 0.25) is 0 Å². The van der Waals surface area contributed by atoms with E-state index in [2.05, 4.69) is 20.3 Å². The lowest BCUT2D eigenvalue weighted by Gasteiger charge is -2.19. The summed E-state index contributed by atoms with van der Waals surface area (Å²) in [4.78, 5) is 66.4. The first-order chi connectivity index (χ1) is 31.2. The first-order valence-electron chi connectivity index (χ1n) is 20.8. The quantitative estimate of drug-likeness (QED) is 0.0779. The van der Waals surface area contributed by atoms with Crippen LogP contribution in [0, 0.1) is 13.8 Å². The van der Waals surface area contributed by atoms with Gasteiger partial charge in [-0.25, -0.2) is 34.1 Å². The van der Waals surface area contributed by atoms with Crippen LogP contribution in [0.3, 0.4) is 0 Å². The molecule has 64 heavy (non-hydrogen) atoms. The summed E-state index contributed by atoms with van der Waals surface area (Å²) in [7, 11) is 0. The van der Waals surface area contributed by atoms with Crippen molar-refractivity contribution in [3.8, 4) is 11.3 Å². The number of aromatic nitrogens is 4. The van der Waals surface area contributed by atoms with Crippen LogP contribution in [0.15, 0.2) is 146 Å². The second-order valence-electron chi connectivity index (χ2n) is 15.4. The van der Waals surface area contributed by atoms with Gasteiger partial charge in [0.15, 0.2) is 5.65 Å². The van der Waals surface area contributed by atoms with Gasteiger partial charge in [0.1, 0.15) is 61.8 Å². The van der Waals surface area contributed by atoms with Crippen molar-refractivity contribution in [2.24, 2.45) is 0 Å². The Hall–Kier alpha value is -7.71. The third-order valence-electron chi connectivity index (χ3n) is 10.7. The van der Waals surface area contributed by atoms with E-state index < -0.39 is 48.5 Å². The van der Waals surface area contributed by atoms with Crippen molar-refractivity contribution in [3.05, 3.63) is 185 Å². The average Bonchev–Trinajstić information content (AvgIpc) is 3.94. The zero-order chi connectivity index (χ0) is 44.4. The van der Waals surface area contributed by atoms with Gasteiger partial charge in [-0.2, -0.15) is 0 Å². The van der Waals surface area contributed by atoms with Crippen molar-refractivity contribution >= 4 is 35.2 Å². The molecule has 4 atom stereocenters. The minimum atomic E-state index is -1.04. The van der Waals surface area contributed by atoms with E-state index in [0.29, 0.717) is 28.0 Å². The number of aryl methyl sites for hydroxylation is 2. The van der Waals surface area contributed by atoms with E-state index in [4.69, 9.17) is 23.7 Å². The lowest BCUT2D eigenvalue weighted by molar-refractivity contribution is -0.147. The minimum Gasteiger partial charge on any atom is -0.459 e. The van der Waals surface area contributed by atoms with Crippen LogP contribution in [-0.4, -0.2) is 68.4 Å². The number of carbonyl (C=O) groups is 4. The molecule has 0 aliphatic carbocycles. The first kappa shape index (κ1) is 43.0. The van der Waals surface area contributed by atoms with Crippen LogP contribution in [0.4, 0.5) is 4.79 Å². The number of hydrogen-bond acceptors (Lipinski definition) is 12. The molecule has 14 nitrogen and oxygen atoms in total. The molecular weight excluding hydrogens is 815 g/mol. The van der Waals surface area contributed by atoms with Gasteiger partial charge in [-0.15, -0.1) is 0 Å². The van der Waals surface area contributed by atoms with E-state index in [-0.39, 0.29) is 32.7 Å². The highest BCUT2D eigenvalue weighted by Crippen LogP contribution is 2.35.